The largest absolute Gasteiger partial charge is 0.493 e. The minimum Gasteiger partial charge on any atom is -0.493 e. The van der Waals surface area contributed by atoms with Gasteiger partial charge in [-0.15, -0.1) is 0 Å². The van der Waals surface area contributed by atoms with Crippen molar-refractivity contribution in [1.29, 1.82) is 0 Å². The number of ether oxygens (including phenoxy) is 1. The van der Waals surface area contributed by atoms with Gasteiger partial charge in [-0.25, -0.2) is 0 Å². The molecule has 0 radical (unpaired) electrons. The first-order chi connectivity index (χ1) is 9.42. The highest BCUT2D eigenvalue weighted by Gasteiger charge is 2.13. The van der Waals surface area contributed by atoms with Crippen molar-refractivity contribution in [3.63, 3.8) is 0 Å². The number of nitrogen functional groups attached to an aromatic ring is 1. The van der Waals surface area contributed by atoms with Crippen LogP contribution >= 0.6 is 0 Å². The Kier molecular flexibility index (Phi) is 6.15. The molecule has 5 heteroatoms. The van der Waals surface area contributed by atoms with Crippen molar-refractivity contribution >= 4 is 17.3 Å². The minimum atomic E-state index is -0.357. The van der Waals surface area contributed by atoms with Gasteiger partial charge in [0, 0.05) is 30.1 Å². The van der Waals surface area contributed by atoms with E-state index in [0.29, 0.717) is 18.2 Å². The van der Waals surface area contributed by atoms with Crippen LogP contribution in [0.3, 0.4) is 0 Å². The fourth-order valence-corrected chi connectivity index (χ4v) is 1.98. The average Bonchev–Trinajstić information content (AvgIpc) is 2.33. The highest BCUT2D eigenvalue weighted by molar-refractivity contribution is 5.80. The predicted molar refractivity (Wildman–Crippen MR) is 82.9 cm³/mol. The Labute approximate surface area is 120 Å². The van der Waals surface area contributed by atoms with Crippen LogP contribution in [-0.2, 0) is 4.79 Å². The normalized spacial score (nSPS) is 10.6. The number of hydrogen-bond donors (Lipinski definition) is 2. The second-order valence-electron chi connectivity index (χ2n) is 5.35. The Morgan fingerprint density at radius 1 is 1.35 bits per heavy atom. The fraction of sp³-hybridized carbons (Fsp3) is 0.533. The molecule has 1 rings (SSSR count). The molecular weight excluding hydrogens is 254 g/mol. The molecule has 1 aromatic rings. The molecule has 0 aliphatic rings. The third-order valence-corrected chi connectivity index (χ3v) is 2.68. The van der Waals surface area contributed by atoms with Crippen LogP contribution in [0.4, 0.5) is 11.4 Å². The van der Waals surface area contributed by atoms with Gasteiger partial charge in [0.25, 0.3) is 0 Å². The average molecular weight is 279 g/mol. The van der Waals surface area contributed by atoms with Crippen molar-refractivity contribution in [2.75, 3.05) is 30.3 Å². The van der Waals surface area contributed by atoms with Gasteiger partial charge < -0.3 is 21.1 Å². The summed E-state index contributed by atoms with van der Waals surface area (Å²) >= 11 is 0. The smallest absolute Gasteiger partial charge is 0.236 e. The molecule has 0 aromatic heterocycles. The molecule has 0 atom stereocenters. The van der Waals surface area contributed by atoms with Crippen LogP contribution in [0.1, 0.15) is 27.2 Å². The second kappa shape index (κ2) is 7.62. The number of anilines is 2. The van der Waals surface area contributed by atoms with E-state index >= 15 is 0 Å². The van der Waals surface area contributed by atoms with Gasteiger partial charge in [0.15, 0.2) is 0 Å². The first-order valence-electron chi connectivity index (χ1n) is 6.99. The van der Waals surface area contributed by atoms with Crippen LogP contribution in [0.25, 0.3) is 0 Å². The van der Waals surface area contributed by atoms with E-state index < -0.39 is 0 Å². The molecule has 0 heterocycles. The van der Waals surface area contributed by atoms with E-state index in [1.807, 2.05) is 24.0 Å². The Hall–Kier alpha value is -1.91. The lowest BCUT2D eigenvalue weighted by atomic mass is 10.1. The standard InChI is InChI=1S/C15H25N3O2/c1-4-5-20-14-7-12(16)6-13(8-14)18(9-11(2)3)10-15(17)19/h6-8,11H,4-5,9-10,16H2,1-3H3,(H2,17,19). The summed E-state index contributed by atoms with van der Waals surface area (Å²) in [7, 11) is 0. The summed E-state index contributed by atoms with van der Waals surface area (Å²) in [5.41, 5.74) is 12.7. The maximum Gasteiger partial charge on any atom is 0.236 e. The number of nitrogens with zero attached hydrogens (tertiary/aromatic N) is 1. The van der Waals surface area contributed by atoms with Crippen molar-refractivity contribution in [2.24, 2.45) is 11.7 Å². The lowest BCUT2D eigenvalue weighted by molar-refractivity contribution is -0.116. The van der Waals surface area contributed by atoms with Crippen molar-refractivity contribution in [2.45, 2.75) is 27.2 Å². The summed E-state index contributed by atoms with van der Waals surface area (Å²) in [6.45, 7) is 7.78. The maximum absolute atomic E-state index is 11.2. The lowest BCUT2D eigenvalue weighted by Crippen LogP contribution is -2.36. The summed E-state index contributed by atoms with van der Waals surface area (Å²) in [6, 6.07) is 5.53. The molecule has 0 unspecified atom stereocenters. The maximum atomic E-state index is 11.2. The number of carbonyl (C=O) groups excluding carboxylic acids is 1. The quantitative estimate of drug-likeness (QED) is 0.713. The number of hydrogen-bond acceptors (Lipinski definition) is 4. The van der Waals surface area contributed by atoms with Gasteiger partial charge in [0.1, 0.15) is 5.75 Å². The van der Waals surface area contributed by atoms with Crippen LogP contribution in [0.5, 0.6) is 5.75 Å². The van der Waals surface area contributed by atoms with Gasteiger partial charge in [0.05, 0.1) is 13.2 Å². The Bertz CT molecular complexity index is 447. The Balaban J connectivity index is 2.98. The monoisotopic (exact) mass is 279 g/mol. The first-order valence-corrected chi connectivity index (χ1v) is 6.99. The molecule has 0 fully saturated rings. The van der Waals surface area contributed by atoms with Gasteiger partial charge in [-0.3, -0.25) is 4.79 Å². The lowest BCUT2D eigenvalue weighted by Gasteiger charge is -2.26. The molecule has 0 spiro atoms. The number of rotatable bonds is 8. The number of amides is 1. The van der Waals surface area contributed by atoms with Crippen LogP contribution in [0.15, 0.2) is 18.2 Å². The van der Waals surface area contributed by atoms with Crippen molar-refractivity contribution in [1.82, 2.24) is 0 Å². The molecule has 0 bridgehead atoms. The highest BCUT2D eigenvalue weighted by Crippen LogP contribution is 2.26. The zero-order valence-electron chi connectivity index (χ0n) is 12.6. The molecule has 0 saturated heterocycles. The number of nitrogens with two attached hydrogens (primary N) is 2. The van der Waals surface area contributed by atoms with E-state index in [9.17, 15) is 4.79 Å². The van der Waals surface area contributed by atoms with E-state index in [0.717, 1.165) is 24.4 Å². The van der Waals surface area contributed by atoms with Crippen molar-refractivity contribution in [3.8, 4) is 5.75 Å². The molecule has 0 aliphatic carbocycles. The first kappa shape index (κ1) is 16.1. The minimum absolute atomic E-state index is 0.175. The molecule has 0 saturated carbocycles. The van der Waals surface area contributed by atoms with Crippen LogP contribution in [-0.4, -0.2) is 25.6 Å². The Morgan fingerprint density at radius 3 is 2.60 bits per heavy atom. The summed E-state index contributed by atoms with van der Waals surface area (Å²) in [5.74, 6) is 0.778. The molecule has 1 aromatic carbocycles. The van der Waals surface area contributed by atoms with Crippen molar-refractivity contribution in [3.05, 3.63) is 18.2 Å². The van der Waals surface area contributed by atoms with Crippen molar-refractivity contribution < 1.29 is 9.53 Å². The number of benzene rings is 1. The van der Waals surface area contributed by atoms with E-state index in [1.54, 1.807) is 6.07 Å². The Morgan fingerprint density at radius 2 is 2.05 bits per heavy atom. The topological polar surface area (TPSA) is 81.6 Å². The molecular formula is C15H25N3O2. The molecule has 5 nitrogen and oxygen atoms in total. The molecule has 4 N–H and O–H groups in total. The van der Waals surface area contributed by atoms with Gasteiger partial charge >= 0.3 is 0 Å². The summed E-state index contributed by atoms with van der Waals surface area (Å²) in [6.07, 6.45) is 0.932. The third-order valence-electron chi connectivity index (χ3n) is 2.68. The summed E-state index contributed by atoms with van der Waals surface area (Å²) < 4.78 is 5.61. The van der Waals surface area contributed by atoms with E-state index in [2.05, 4.69) is 13.8 Å². The zero-order valence-corrected chi connectivity index (χ0v) is 12.6. The van der Waals surface area contributed by atoms with E-state index in [1.165, 1.54) is 0 Å². The fourth-order valence-electron chi connectivity index (χ4n) is 1.98. The van der Waals surface area contributed by atoms with E-state index in [-0.39, 0.29) is 12.5 Å². The molecule has 20 heavy (non-hydrogen) atoms. The molecule has 0 aliphatic heterocycles. The van der Waals surface area contributed by atoms with Crippen LogP contribution < -0.4 is 21.1 Å². The summed E-state index contributed by atoms with van der Waals surface area (Å²) in [4.78, 5) is 13.2. The molecule has 1 amide bonds. The van der Waals surface area contributed by atoms with Gasteiger partial charge in [-0.05, 0) is 18.4 Å². The van der Waals surface area contributed by atoms with Crippen LogP contribution in [0, 0.1) is 5.92 Å². The number of carbonyl (C=O) groups is 1. The van der Waals surface area contributed by atoms with Gasteiger partial charge in [-0.2, -0.15) is 0 Å². The highest BCUT2D eigenvalue weighted by atomic mass is 16.5. The predicted octanol–water partition coefficient (Wildman–Crippen LogP) is 2.01. The molecule has 112 valence electrons. The zero-order chi connectivity index (χ0) is 15.1. The summed E-state index contributed by atoms with van der Waals surface area (Å²) in [5, 5.41) is 0. The number of primary amides is 1. The van der Waals surface area contributed by atoms with Crippen LogP contribution in [0.2, 0.25) is 0 Å². The third kappa shape index (κ3) is 5.38. The van der Waals surface area contributed by atoms with Gasteiger partial charge in [-0.1, -0.05) is 20.8 Å². The van der Waals surface area contributed by atoms with E-state index in [4.69, 9.17) is 16.2 Å². The van der Waals surface area contributed by atoms with Gasteiger partial charge in [0.2, 0.25) is 5.91 Å². The SMILES string of the molecule is CCCOc1cc(N)cc(N(CC(N)=O)CC(C)C)c1. The second-order valence-corrected chi connectivity index (χ2v) is 5.35.